The summed E-state index contributed by atoms with van der Waals surface area (Å²) in [5.74, 6) is 1.49. The molecule has 0 spiro atoms. The Morgan fingerprint density at radius 2 is 2.32 bits per heavy atom. The van der Waals surface area contributed by atoms with E-state index >= 15 is 0 Å². The maximum absolute atomic E-state index is 11.5. The number of carbonyl (C=O) groups is 1. The molecule has 1 aromatic carbocycles. The number of carbonyl (C=O) groups excluding carboxylic acids is 1. The van der Waals surface area contributed by atoms with E-state index in [1.807, 2.05) is 18.2 Å². The van der Waals surface area contributed by atoms with Crippen molar-refractivity contribution in [1.29, 1.82) is 0 Å². The van der Waals surface area contributed by atoms with Crippen LogP contribution < -0.4 is 15.2 Å². The highest BCUT2D eigenvalue weighted by Gasteiger charge is 2.22. The first kappa shape index (κ1) is 14.4. The Morgan fingerprint density at radius 1 is 1.45 bits per heavy atom. The molecule has 0 unspecified atom stereocenters. The van der Waals surface area contributed by atoms with Gasteiger partial charge in [-0.3, -0.25) is 9.78 Å². The van der Waals surface area contributed by atoms with E-state index in [4.69, 9.17) is 15.2 Å². The maximum Gasteiger partial charge on any atom is 0.250 e. The minimum absolute atomic E-state index is 0.272. The monoisotopic (exact) mass is 298 g/mol. The first-order valence-corrected chi connectivity index (χ1v) is 7.21. The van der Waals surface area contributed by atoms with Gasteiger partial charge in [0.05, 0.1) is 25.0 Å². The van der Waals surface area contributed by atoms with Crippen molar-refractivity contribution in [2.75, 3.05) is 13.7 Å². The van der Waals surface area contributed by atoms with Crippen molar-refractivity contribution in [2.45, 2.75) is 12.8 Å². The number of primary amides is 1. The second-order valence-electron chi connectivity index (χ2n) is 5.42. The Morgan fingerprint density at radius 3 is 3.09 bits per heavy atom. The van der Waals surface area contributed by atoms with E-state index < -0.39 is 5.91 Å². The summed E-state index contributed by atoms with van der Waals surface area (Å²) in [6, 6.07) is 9.30. The molecule has 5 nitrogen and oxygen atoms in total. The van der Waals surface area contributed by atoms with Crippen LogP contribution in [-0.4, -0.2) is 24.6 Å². The van der Waals surface area contributed by atoms with Gasteiger partial charge in [0, 0.05) is 18.2 Å². The van der Waals surface area contributed by atoms with Crippen molar-refractivity contribution in [1.82, 2.24) is 4.98 Å². The van der Waals surface area contributed by atoms with Gasteiger partial charge in [0.15, 0.2) is 0 Å². The van der Waals surface area contributed by atoms with Gasteiger partial charge in [0.25, 0.3) is 5.91 Å². The lowest BCUT2D eigenvalue weighted by Gasteiger charge is -2.25. The number of hydrogen-bond acceptors (Lipinski definition) is 4. The van der Waals surface area contributed by atoms with Crippen molar-refractivity contribution >= 4 is 5.91 Å². The molecule has 114 valence electrons. The van der Waals surface area contributed by atoms with Crippen LogP contribution in [0, 0.1) is 5.92 Å². The van der Waals surface area contributed by atoms with E-state index in [2.05, 4.69) is 4.98 Å². The largest absolute Gasteiger partial charge is 0.497 e. The molecular formula is C17H18N2O3. The van der Waals surface area contributed by atoms with E-state index in [0.717, 1.165) is 29.2 Å². The van der Waals surface area contributed by atoms with Gasteiger partial charge >= 0.3 is 0 Å². The van der Waals surface area contributed by atoms with Gasteiger partial charge in [-0.2, -0.15) is 0 Å². The number of nitrogens with two attached hydrogens (primary N) is 1. The quantitative estimate of drug-likeness (QED) is 0.936. The van der Waals surface area contributed by atoms with Crippen LogP contribution >= 0.6 is 0 Å². The molecule has 1 aliphatic heterocycles. The van der Waals surface area contributed by atoms with Gasteiger partial charge < -0.3 is 15.2 Å². The number of ether oxygens (including phenoxy) is 2. The Balaban J connectivity index is 1.77. The van der Waals surface area contributed by atoms with Crippen molar-refractivity contribution in [3.05, 3.63) is 53.3 Å². The lowest BCUT2D eigenvalue weighted by atomic mass is 9.91. The Bertz CT molecular complexity index is 700. The minimum atomic E-state index is -0.440. The lowest BCUT2D eigenvalue weighted by Crippen LogP contribution is -2.25. The Kier molecular flexibility index (Phi) is 3.96. The molecule has 3 rings (SSSR count). The van der Waals surface area contributed by atoms with Crippen LogP contribution in [0.15, 0.2) is 36.5 Å². The molecule has 1 aliphatic rings. The topological polar surface area (TPSA) is 74.4 Å². The van der Waals surface area contributed by atoms with E-state index in [0.29, 0.717) is 18.6 Å². The first-order chi connectivity index (χ1) is 10.7. The third kappa shape index (κ3) is 2.88. The summed E-state index contributed by atoms with van der Waals surface area (Å²) in [5, 5.41) is 0. The van der Waals surface area contributed by atoms with E-state index in [1.54, 1.807) is 25.4 Å². The van der Waals surface area contributed by atoms with Gasteiger partial charge in [-0.1, -0.05) is 6.07 Å². The second kappa shape index (κ2) is 6.05. The molecule has 0 fully saturated rings. The number of hydrogen-bond donors (Lipinski definition) is 1. The highest BCUT2D eigenvalue weighted by Crippen LogP contribution is 2.32. The zero-order chi connectivity index (χ0) is 15.5. The fourth-order valence-corrected chi connectivity index (χ4v) is 2.77. The molecule has 22 heavy (non-hydrogen) atoms. The molecule has 5 heteroatoms. The van der Waals surface area contributed by atoms with Crippen LogP contribution in [0.1, 0.15) is 21.6 Å². The molecule has 2 N–H and O–H groups in total. The van der Waals surface area contributed by atoms with Crippen LogP contribution in [0.5, 0.6) is 11.5 Å². The standard InChI is InChI=1S/C17H18N2O3/c1-21-13-5-4-12-7-11(10-22-16(12)9-13)8-15-14(17(18)20)3-2-6-19-15/h2-6,9,11H,7-8,10H2,1H3,(H2,18,20)/t11-/m1/s1. The van der Waals surface area contributed by atoms with Gasteiger partial charge in [0.2, 0.25) is 0 Å². The fraction of sp³-hybridized carbons (Fsp3) is 0.294. The second-order valence-corrected chi connectivity index (χ2v) is 5.42. The average molecular weight is 298 g/mol. The molecule has 1 amide bonds. The van der Waals surface area contributed by atoms with Crippen LogP contribution in [0.2, 0.25) is 0 Å². The van der Waals surface area contributed by atoms with Crippen molar-refractivity contribution in [3.8, 4) is 11.5 Å². The molecule has 0 radical (unpaired) electrons. The van der Waals surface area contributed by atoms with Crippen molar-refractivity contribution < 1.29 is 14.3 Å². The summed E-state index contributed by atoms with van der Waals surface area (Å²) < 4.78 is 11.0. The number of aromatic nitrogens is 1. The van der Waals surface area contributed by atoms with Gasteiger partial charge in [0.1, 0.15) is 11.5 Å². The maximum atomic E-state index is 11.5. The zero-order valence-electron chi connectivity index (χ0n) is 12.4. The third-order valence-corrected chi connectivity index (χ3v) is 3.90. The summed E-state index contributed by atoms with van der Waals surface area (Å²) >= 11 is 0. The minimum Gasteiger partial charge on any atom is -0.497 e. The molecule has 0 aliphatic carbocycles. The van der Waals surface area contributed by atoms with Gasteiger partial charge in [-0.25, -0.2) is 0 Å². The van der Waals surface area contributed by atoms with E-state index in [9.17, 15) is 4.79 Å². The molecular weight excluding hydrogens is 280 g/mol. The molecule has 0 saturated heterocycles. The average Bonchev–Trinajstić information content (AvgIpc) is 2.54. The number of methoxy groups -OCH3 is 1. The number of fused-ring (bicyclic) bond motifs is 1. The smallest absolute Gasteiger partial charge is 0.250 e. The normalized spacial score (nSPS) is 16.5. The summed E-state index contributed by atoms with van der Waals surface area (Å²) in [7, 11) is 1.64. The molecule has 2 heterocycles. The summed E-state index contributed by atoms with van der Waals surface area (Å²) in [4.78, 5) is 15.8. The Labute approximate surface area is 129 Å². The zero-order valence-corrected chi connectivity index (χ0v) is 12.4. The summed E-state index contributed by atoms with van der Waals surface area (Å²) in [6.45, 7) is 0.592. The van der Waals surface area contributed by atoms with Gasteiger partial charge in [-0.15, -0.1) is 0 Å². The van der Waals surface area contributed by atoms with E-state index in [-0.39, 0.29) is 5.92 Å². The van der Waals surface area contributed by atoms with Crippen molar-refractivity contribution in [3.63, 3.8) is 0 Å². The predicted molar refractivity (Wildman–Crippen MR) is 82.1 cm³/mol. The fourth-order valence-electron chi connectivity index (χ4n) is 2.77. The van der Waals surface area contributed by atoms with Crippen LogP contribution in [0.25, 0.3) is 0 Å². The third-order valence-electron chi connectivity index (χ3n) is 3.90. The van der Waals surface area contributed by atoms with Crippen LogP contribution in [-0.2, 0) is 12.8 Å². The highest BCUT2D eigenvalue weighted by atomic mass is 16.5. The highest BCUT2D eigenvalue weighted by molar-refractivity contribution is 5.93. The van der Waals surface area contributed by atoms with Crippen LogP contribution in [0.4, 0.5) is 0 Å². The molecule has 0 saturated carbocycles. The van der Waals surface area contributed by atoms with Crippen molar-refractivity contribution in [2.24, 2.45) is 11.7 Å². The predicted octanol–water partition coefficient (Wildman–Crippen LogP) is 1.98. The Hall–Kier alpha value is -2.56. The number of benzene rings is 1. The number of amides is 1. The van der Waals surface area contributed by atoms with Gasteiger partial charge in [-0.05, 0) is 36.6 Å². The molecule has 1 atom stereocenters. The first-order valence-electron chi connectivity index (χ1n) is 7.21. The summed E-state index contributed by atoms with van der Waals surface area (Å²) in [5.41, 5.74) is 7.78. The molecule has 0 bridgehead atoms. The lowest BCUT2D eigenvalue weighted by molar-refractivity contribution is 0.0998. The molecule has 1 aromatic heterocycles. The van der Waals surface area contributed by atoms with Crippen LogP contribution in [0.3, 0.4) is 0 Å². The number of rotatable bonds is 4. The number of nitrogens with zero attached hydrogens (tertiary/aromatic N) is 1. The molecule has 2 aromatic rings. The SMILES string of the molecule is COc1ccc2c(c1)OC[C@@H](Cc1ncccc1C(N)=O)C2. The summed E-state index contributed by atoms with van der Waals surface area (Å²) in [6.07, 6.45) is 3.24. The van der Waals surface area contributed by atoms with E-state index in [1.165, 1.54) is 0 Å². The number of pyridine rings is 1.